The van der Waals surface area contributed by atoms with Crippen molar-refractivity contribution in [1.29, 1.82) is 0 Å². The third kappa shape index (κ3) is 3.34. The summed E-state index contributed by atoms with van der Waals surface area (Å²) in [6.45, 7) is 1.91. The van der Waals surface area contributed by atoms with Crippen LogP contribution in [0.3, 0.4) is 0 Å². The van der Waals surface area contributed by atoms with Gasteiger partial charge in [0, 0.05) is 5.25 Å². The minimum atomic E-state index is -0.485. The molecule has 0 saturated carbocycles. The first-order valence-corrected chi connectivity index (χ1v) is 6.18. The molecule has 0 spiro atoms. The van der Waals surface area contributed by atoms with E-state index in [9.17, 15) is 4.79 Å². The Bertz CT molecular complexity index is 356. The number of aromatic nitrogens is 1. The van der Waals surface area contributed by atoms with Crippen molar-refractivity contribution in [3.05, 3.63) is 10.0 Å². The Kier molecular flexibility index (Phi) is 4.85. The van der Waals surface area contributed by atoms with E-state index in [4.69, 9.17) is 16.7 Å². The van der Waals surface area contributed by atoms with Gasteiger partial charge < -0.3 is 9.84 Å². The Morgan fingerprint density at radius 3 is 3.00 bits per heavy atom. The number of thioether (sulfide) groups is 1. The number of halogens is 1. The molecule has 1 N–H and O–H groups in total. The van der Waals surface area contributed by atoms with Gasteiger partial charge in [0.25, 0.3) is 0 Å². The molecule has 0 aliphatic heterocycles. The Morgan fingerprint density at radius 1 is 1.80 bits per heavy atom. The van der Waals surface area contributed by atoms with E-state index in [1.165, 1.54) is 30.2 Å². The van der Waals surface area contributed by atoms with Gasteiger partial charge in [0.15, 0.2) is 14.4 Å². The van der Waals surface area contributed by atoms with E-state index in [2.05, 4.69) is 9.72 Å². The summed E-state index contributed by atoms with van der Waals surface area (Å²) in [5.41, 5.74) is 0. The number of hydrogen-bond acceptors (Lipinski definition) is 6. The SMILES string of the molecule is COC(=O)c1sc(SC(C)CO)nc1Cl. The van der Waals surface area contributed by atoms with Gasteiger partial charge in [0.1, 0.15) is 0 Å². The minimum absolute atomic E-state index is 0.0257. The molecule has 0 aliphatic rings. The smallest absolute Gasteiger partial charge is 0.351 e. The molecule has 15 heavy (non-hydrogen) atoms. The van der Waals surface area contributed by atoms with Crippen LogP contribution in [0, 0.1) is 0 Å². The minimum Gasteiger partial charge on any atom is -0.465 e. The van der Waals surface area contributed by atoms with Gasteiger partial charge in [-0.1, -0.05) is 41.6 Å². The first-order chi connectivity index (χ1) is 7.08. The van der Waals surface area contributed by atoms with Crippen LogP contribution >= 0.6 is 34.7 Å². The maximum Gasteiger partial charge on any atom is 0.351 e. The molecule has 0 aromatic carbocycles. The van der Waals surface area contributed by atoms with Crippen molar-refractivity contribution >= 4 is 40.7 Å². The number of nitrogens with zero attached hydrogens (tertiary/aromatic N) is 1. The van der Waals surface area contributed by atoms with Gasteiger partial charge in [-0.25, -0.2) is 9.78 Å². The molecular weight excluding hydrogens is 258 g/mol. The summed E-state index contributed by atoms with van der Waals surface area (Å²) in [4.78, 5) is 15.5. The molecule has 84 valence electrons. The zero-order valence-electron chi connectivity index (χ0n) is 8.19. The second-order valence-corrected chi connectivity index (χ2v) is 5.74. The first-order valence-electron chi connectivity index (χ1n) is 4.10. The zero-order valence-corrected chi connectivity index (χ0v) is 10.6. The highest BCUT2D eigenvalue weighted by atomic mass is 35.5. The number of aliphatic hydroxyl groups excluding tert-OH is 1. The Labute approximate surface area is 101 Å². The summed E-state index contributed by atoms with van der Waals surface area (Å²) in [5, 5.41) is 9.04. The highest BCUT2D eigenvalue weighted by Crippen LogP contribution is 2.32. The molecule has 1 rings (SSSR count). The van der Waals surface area contributed by atoms with Crippen LogP contribution < -0.4 is 0 Å². The quantitative estimate of drug-likeness (QED) is 0.668. The van der Waals surface area contributed by atoms with Crippen LogP contribution in [-0.4, -0.2) is 35.0 Å². The summed E-state index contributed by atoms with van der Waals surface area (Å²) in [5.74, 6) is -0.485. The Balaban J connectivity index is 2.81. The predicted molar refractivity (Wildman–Crippen MR) is 60.9 cm³/mol. The number of hydrogen-bond donors (Lipinski definition) is 1. The molecule has 4 nitrogen and oxygen atoms in total. The van der Waals surface area contributed by atoms with Crippen molar-refractivity contribution in [3.63, 3.8) is 0 Å². The van der Waals surface area contributed by atoms with Gasteiger partial charge in [0.05, 0.1) is 13.7 Å². The predicted octanol–water partition coefficient (Wildman–Crippen LogP) is 2.06. The maximum atomic E-state index is 11.2. The molecule has 0 saturated heterocycles. The fraction of sp³-hybridized carbons (Fsp3) is 0.500. The van der Waals surface area contributed by atoms with Gasteiger partial charge in [-0.2, -0.15) is 0 Å². The number of methoxy groups -OCH3 is 1. The van der Waals surface area contributed by atoms with Crippen molar-refractivity contribution in [1.82, 2.24) is 4.98 Å². The van der Waals surface area contributed by atoms with Crippen molar-refractivity contribution in [3.8, 4) is 0 Å². The van der Waals surface area contributed by atoms with Crippen LogP contribution in [0.4, 0.5) is 0 Å². The zero-order chi connectivity index (χ0) is 11.4. The highest BCUT2D eigenvalue weighted by Gasteiger charge is 2.18. The summed E-state index contributed by atoms with van der Waals surface area (Å²) < 4.78 is 5.20. The van der Waals surface area contributed by atoms with E-state index in [-0.39, 0.29) is 17.0 Å². The van der Waals surface area contributed by atoms with E-state index in [0.717, 1.165) is 0 Å². The van der Waals surface area contributed by atoms with E-state index >= 15 is 0 Å². The van der Waals surface area contributed by atoms with Crippen molar-refractivity contribution in [2.24, 2.45) is 0 Å². The normalized spacial score (nSPS) is 12.5. The van der Waals surface area contributed by atoms with Gasteiger partial charge in [-0.3, -0.25) is 0 Å². The van der Waals surface area contributed by atoms with Gasteiger partial charge in [-0.15, -0.1) is 0 Å². The number of rotatable bonds is 4. The lowest BCUT2D eigenvalue weighted by molar-refractivity contribution is 0.0606. The van der Waals surface area contributed by atoms with Crippen molar-refractivity contribution in [2.45, 2.75) is 16.5 Å². The maximum absolute atomic E-state index is 11.2. The second-order valence-electron chi connectivity index (χ2n) is 2.70. The van der Waals surface area contributed by atoms with E-state index in [1.54, 1.807) is 0 Å². The van der Waals surface area contributed by atoms with E-state index < -0.39 is 5.97 Å². The van der Waals surface area contributed by atoms with Gasteiger partial charge in [0.2, 0.25) is 0 Å². The van der Waals surface area contributed by atoms with Crippen molar-refractivity contribution < 1.29 is 14.6 Å². The number of carbonyl (C=O) groups is 1. The van der Waals surface area contributed by atoms with Crippen LogP contribution in [0.15, 0.2) is 4.34 Å². The molecule has 0 radical (unpaired) electrons. The van der Waals surface area contributed by atoms with Crippen molar-refractivity contribution in [2.75, 3.05) is 13.7 Å². The third-order valence-electron chi connectivity index (χ3n) is 1.50. The Hall–Kier alpha value is -0.300. The lowest BCUT2D eigenvalue weighted by Gasteiger charge is -2.02. The van der Waals surface area contributed by atoms with Crippen LogP contribution in [-0.2, 0) is 4.74 Å². The topological polar surface area (TPSA) is 59.4 Å². The molecule has 1 aromatic heterocycles. The molecule has 1 unspecified atom stereocenters. The molecule has 0 aliphatic carbocycles. The average Bonchev–Trinajstić information content (AvgIpc) is 2.58. The molecule has 0 bridgehead atoms. The van der Waals surface area contributed by atoms with Gasteiger partial charge >= 0.3 is 5.97 Å². The number of esters is 1. The monoisotopic (exact) mass is 267 g/mol. The van der Waals surface area contributed by atoms with Crippen LogP contribution in [0.25, 0.3) is 0 Å². The number of ether oxygens (including phenoxy) is 1. The second kappa shape index (κ2) is 5.69. The van der Waals surface area contributed by atoms with Gasteiger partial charge in [-0.05, 0) is 0 Å². The molecule has 7 heteroatoms. The first kappa shape index (κ1) is 12.8. The molecule has 1 atom stereocenters. The standard InChI is InChI=1S/C8H10ClNO3S2/c1-4(3-11)14-8-10-6(9)5(15-8)7(12)13-2/h4,11H,3H2,1-2H3. The molecular formula is C8H10ClNO3S2. The fourth-order valence-electron chi connectivity index (χ4n) is 0.762. The van der Waals surface area contributed by atoms with E-state index in [0.29, 0.717) is 9.22 Å². The molecule has 0 amide bonds. The Morgan fingerprint density at radius 2 is 2.47 bits per heavy atom. The summed E-state index contributed by atoms with van der Waals surface area (Å²) in [6, 6.07) is 0. The van der Waals surface area contributed by atoms with E-state index in [1.807, 2.05) is 6.92 Å². The largest absolute Gasteiger partial charge is 0.465 e. The summed E-state index contributed by atoms with van der Waals surface area (Å²) in [6.07, 6.45) is 0. The number of aliphatic hydroxyl groups is 1. The molecule has 0 fully saturated rings. The summed E-state index contributed by atoms with van der Waals surface area (Å²) >= 11 is 8.31. The third-order valence-corrected chi connectivity index (χ3v) is 4.09. The van der Waals surface area contributed by atoms with Crippen LogP contribution in [0.1, 0.15) is 16.6 Å². The fourth-order valence-corrected chi connectivity index (χ4v) is 3.25. The lowest BCUT2D eigenvalue weighted by Crippen LogP contribution is -2.00. The summed E-state index contributed by atoms with van der Waals surface area (Å²) in [7, 11) is 1.29. The lowest BCUT2D eigenvalue weighted by atomic mass is 10.5. The number of carbonyl (C=O) groups excluding carboxylic acids is 1. The molecule has 1 heterocycles. The van der Waals surface area contributed by atoms with Crippen LogP contribution in [0.2, 0.25) is 5.15 Å². The molecule has 1 aromatic rings. The number of thiazole rings is 1. The average molecular weight is 268 g/mol. The van der Waals surface area contributed by atoms with Crippen LogP contribution in [0.5, 0.6) is 0 Å². The highest BCUT2D eigenvalue weighted by molar-refractivity contribution is 8.01.